The Labute approximate surface area is 247 Å². The zero-order valence-electron chi connectivity index (χ0n) is 27.9. The summed E-state index contributed by atoms with van der Waals surface area (Å²) in [6, 6.07) is 7.51. The minimum Gasteiger partial charge on any atom is -0.480 e. The topological polar surface area (TPSA) is 86.1 Å². The van der Waals surface area contributed by atoms with Crippen molar-refractivity contribution in [3.8, 4) is 17.0 Å². The maximum atomic E-state index is 13.1. The smallest absolute Gasteiger partial charge is 0.410 e. The summed E-state index contributed by atoms with van der Waals surface area (Å²) in [6.45, 7) is 8.74. The van der Waals surface area contributed by atoms with E-state index in [0.717, 1.165) is 12.8 Å². The Bertz CT molecular complexity index is 1430. The first-order valence-electron chi connectivity index (χ1n) is 16.4. The fourth-order valence-corrected chi connectivity index (χ4v) is 6.52. The highest BCUT2D eigenvalue weighted by Crippen LogP contribution is 2.51. The second kappa shape index (κ2) is 9.95. The molecule has 9 nitrogen and oxygen atoms in total. The maximum Gasteiger partial charge on any atom is 0.410 e. The van der Waals surface area contributed by atoms with Crippen LogP contribution in [0.5, 0.6) is 5.75 Å². The van der Waals surface area contributed by atoms with Gasteiger partial charge in [-0.1, -0.05) is 12.1 Å². The predicted octanol–water partition coefficient (Wildman–Crippen LogP) is 6.21. The number of rotatable bonds is 3. The van der Waals surface area contributed by atoms with Gasteiger partial charge in [0.05, 0.1) is 12.3 Å². The van der Waals surface area contributed by atoms with Gasteiger partial charge in [0.1, 0.15) is 22.9 Å². The van der Waals surface area contributed by atoms with Crippen LogP contribution in [-0.4, -0.2) is 68.9 Å². The van der Waals surface area contributed by atoms with Gasteiger partial charge in [0.25, 0.3) is 0 Å². The predicted molar refractivity (Wildman–Crippen MR) is 155 cm³/mol. The van der Waals surface area contributed by atoms with Gasteiger partial charge in [0.2, 0.25) is 0 Å². The molecule has 1 atom stereocenters. The van der Waals surface area contributed by atoms with Gasteiger partial charge in [-0.25, -0.2) is 14.6 Å². The van der Waals surface area contributed by atoms with Crippen molar-refractivity contribution in [1.29, 1.82) is 0 Å². The summed E-state index contributed by atoms with van der Waals surface area (Å²) in [7, 11) is 0. The Balaban J connectivity index is 1.35. The number of para-hydroxylation sites is 1. The summed E-state index contributed by atoms with van der Waals surface area (Å²) in [5.74, 6) is 1.37. The van der Waals surface area contributed by atoms with Crippen molar-refractivity contribution in [3.63, 3.8) is 0 Å². The lowest BCUT2D eigenvalue weighted by atomic mass is 9.82. The lowest BCUT2D eigenvalue weighted by molar-refractivity contribution is -0.0101. The van der Waals surface area contributed by atoms with Crippen LogP contribution in [-0.2, 0) is 22.1 Å². The van der Waals surface area contributed by atoms with E-state index in [1.165, 1.54) is 4.57 Å². The van der Waals surface area contributed by atoms with Crippen molar-refractivity contribution in [2.24, 2.45) is 12.9 Å². The van der Waals surface area contributed by atoms with E-state index >= 15 is 0 Å². The third-order valence-corrected chi connectivity index (χ3v) is 8.91. The fourth-order valence-electron chi connectivity index (χ4n) is 6.52. The van der Waals surface area contributed by atoms with Crippen LogP contribution in [0, 0.1) is 5.92 Å². The summed E-state index contributed by atoms with van der Waals surface area (Å²) < 4.78 is 45.4. The number of piperidine rings is 2. The van der Waals surface area contributed by atoms with Gasteiger partial charge < -0.3 is 28.6 Å². The normalized spacial score (nSPS) is 24.3. The molecule has 0 N–H and O–H groups in total. The van der Waals surface area contributed by atoms with Gasteiger partial charge in [0.15, 0.2) is 5.60 Å². The lowest BCUT2D eigenvalue weighted by Crippen LogP contribution is -2.53. The molecule has 1 aromatic carbocycles. The SMILES string of the molecule is [2H]C([2H])([2H])n1c(C2CCN(C(=O)OC(C)(C)C)C(C)(C)C2)nc2c1-c1ccccc1OC21CCN(C(=O)OCC2CC2)CC1. The van der Waals surface area contributed by atoms with Crippen molar-refractivity contribution >= 4 is 12.2 Å². The molecule has 1 unspecified atom stereocenters. The average Bonchev–Trinajstić information content (AvgIpc) is 3.66. The molecule has 4 heterocycles. The third kappa shape index (κ3) is 5.28. The molecule has 1 aliphatic carbocycles. The van der Waals surface area contributed by atoms with Gasteiger partial charge in [-0.3, -0.25) is 0 Å². The molecular weight excluding hydrogens is 520 g/mol. The van der Waals surface area contributed by atoms with Crippen molar-refractivity contribution < 1.29 is 27.9 Å². The van der Waals surface area contributed by atoms with Gasteiger partial charge in [0, 0.05) is 60.6 Å². The fraction of sp³-hybridized carbons (Fsp3) is 0.656. The number of likely N-dealkylation sites (tertiary alicyclic amines) is 2. The molecule has 3 aliphatic heterocycles. The number of hydrogen-bond acceptors (Lipinski definition) is 6. The van der Waals surface area contributed by atoms with Crippen LogP contribution in [0.3, 0.4) is 0 Å². The summed E-state index contributed by atoms with van der Waals surface area (Å²) >= 11 is 0. The molecule has 2 amide bonds. The minimum absolute atomic E-state index is 0.212. The van der Waals surface area contributed by atoms with Crippen LogP contribution in [0.25, 0.3) is 11.3 Å². The van der Waals surface area contributed by atoms with Crippen LogP contribution in [0.15, 0.2) is 24.3 Å². The van der Waals surface area contributed by atoms with Crippen molar-refractivity contribution in [2.75, 3.05) is 26.2 Å². The molecule has 1 spiro atoms. The monoisotopic (exact) mass is 567 g/mol. The number of ether oxygens (including phenoxy) is 3. The van der Waals surface area contributed by atoms with E-state index < -0.39 is 23.7 Å². The maximum absolute atomic E-state index is 13.1. The van der Waals surface area contributed by atoms with Crippen molar-refractivity contribution in [2.45, 2.75) is 95.8 Å². The quantitative estimate of drug-likeness (QED) is 0.438. The van der Waals surface area contributed by atoms with E-state index in [0.29, 0.717) is 86.4 Å². The molecule has 222 valence electrons. The van der Waals surface area contributed by atoms with Crippen LogP contribution in [0.4, 0.5) is 9.59 Å². The van der Waals surface area contributed by atoms with Gasteiger partial charge >= 0.3 is 12.2 Å². The number of nitrogens with zero attached hydrogens (tertiary/aromatic N) is 4. The standard InChI is InChI=1S/C32H44N4O5/c1-30(2,3)41-29(38)36-16-13-22(19-31(36,4)5)27-33-26-25(34(27)6)23-9-7-8-10-24(23)40-32(26)14-17-35(18-15-32)28(37)39-20-21-11-12-21/h7-10,21-22H,11-20H2,1-6H3/i6D3. The Kier molecular flexibility index (Phi) is 5.91. The molecule has 2 aromatic rings. The molecule has 6 rings (SSSR count). The zero-order chi connectivity index (χ0) is 31.7. The van der Waals surface area contributed by atoms with Crippen molar-refractivity contribution in [1.82, 2.24) is 19.4 Å². The molecule has 4 aliphatic rings. The molecule has 1 saturated carbocycles. The zero-order valence-corrected chi connectivity index (χ0v) is 24.9. The molecule has 41 heavy (non-hydrogen) atoms. The second-order valence-electron chi connectivity index (χ2n) is 13.7. The first-order valence-corrected chi connectivity index (χ1v) is 14.9. The number of carbonyl (C=O) groups is 2. The molecule has 2 saturated heterocycles. The van der Waals surface area contributed by atoms with E-state index in [9.17, 15) is 9.59 Å². The minimum atomic E-state index is -2.50. The highest BCUT2D eigenvalue weighted by atomic mass is 16.6. The van der Waals surface area contributed by atoms with Crippen LogP contribution < -0.4 is 4.74 Å². The average molecular weight is 568 g/mol. The highest BCUT2D eigenvalue weighted by Gasteiger charge is 2.49. The summed E-state index contributed by atoms with van der Waals surface area (Å²) in [5, 5.41) is 0. The third-order valence-electron chi connectivity index (χ3n) is 8.91. The summed E-state index contributed by atoms with van der Waals surface area (Å²) in [5.41, 5.74) is -0.226. The van der Waals surface area contributed by atoms with E-state index in [1.54, 1.807) is 9.80 Å². The van der Waals surface area contributed by atoms with Gasteiger partial charge in [-0.2, -0.15) is 0 Å². The summed E-state index contributed by atoms with van der Waals surface area (Å²) in [6.07, 6.45) is 3.54. The molecule has 1 aromatic heterocycles. The second-order valence-corrected chi connectivity index (χ2v) is 13.7. The number of benzene rings is 1. The Hall–Kier alpha value is -3.23. The number of fused-ring (bicyclic) bond motifs is 4. The molecular formula is C32H44N4O5. The Morgan fingerprint density at radius 3 is 2.49 bits per heavy atom. The van der Waals surface area contributed by atoms with E-state index in [1.807, 2.05) is 58.9 Å². The summed E-state index contributed by atoms with van der Waals surface area (Å²) in [4.78, 5) is 34.5. The number of hydrogen-bond donors (Lipinski definition) is 0. The lowest BCUT2D eigenvalue weighted by Gasteiger charge is -2.45. The van der Waals surface area contributed by atoms with Gasteiger partial charge in [-0.05, 0) is 78.4 Å². The van der Waals surface area contributed by atoms with E-state index in [-0.39, 0.29) is 18.1 Å². The molecule has 3 fully saturated rings. The van der Waals surface area contributed by atoms with Crippen LogP contribution in [0.1, 0.15) is 94.7 Å². The molecule has 0 bridgehead atoms. The Morgan fingerprint density at radius 2 is 1.83 bits per heavy atom. The van der Waals surface area contributed by atoms with Gasteiger partial charge in [-0.15, -0.1) is 0 Å². The van der Waals surface area contributed by atoms with Crippen LogP contribution in [0.2, 0.25) is 0 Å². The number of imidazole rings is 1. The number of aromatic nitrogens is 2. The van der Waals surface area contributed by atoms with Crippen molar-refractivity contribution in [3.05, 3.63) is 35.8 Å². The Morgan fingerprint density at radius 1 is 1.10 bits per heavy atom. The first kappa shape index (κ1) is 24.4. The number of carbonyl (C=O) groups excluding carboxylic acids is 2. The molecule has 0 radical (unpaired) electrons. The molecule has 9 heteroatoms. The van der Waals surface area contributed by atoms with Crippen LogP contribution >= 0.6 is 0 Å². The first-order chi connectivity index (χ1) is 20.6. The van der Waals surface area contributed by atoms with E-state index in [4.69, 9.17) is 23.3 Å². The highest BCUT2D eigenvalue weighted by molar-refractivity contribution is 5.74. The number of amides is 2. The van der Waals surface area contributed by atoms with E-state index in [2.05, 4.69) is 0 Å². The largest absolute Gasteiger partial charge is 0.480 e.